The fourth-order valence-corrected chi connectivity index (χ4v) is 4.64. The van der Waals surface area contributed by atoms with E-state index in [4.69, 9.17) is 14.8 Å². The zero-order valence-electron chi connectivity index (χ0n) is 19.7. The first-order valence-corrected chi connectivity index (χ1v) is 12.0. The average molecular weight is 473 g/mol. The van der Waals surface area contributed by atoms with Gasteiger partial charge in [0.1, 0.15) is 0 Å². The highest BCUT2D eigenvalue weighted by molar-refractivity contribution is 6.02. The van der Waals surface area contributed by atoms with Crippen LogP contribution < -0.4 is 9.64 Å². The predicted molar refractivity (Wildman–Crippen MR) is 132 cm³/mol. The van der Waals surface area contributed by atoms with Crippen LogP contribution in [-0.2, 0) is 11.2 Å². The number of anilines is 1. The Morgan fingerprint density at radius 1 is 1.03 bits per heavy atom. The first kappa shape index (κ1) is 22.9. The molecular weight excluding hydrogens is 444 g/mol. The first-order chi connectivity index (χ1) is 17.1. The SMILES string of the molecule is COc1ccc2c(n1)CCCC(c1ccc(-c3cnc(N4CCC(CC(=O)O)CC4)nc3)nc1)=N2. The topological polar surface area (TPSA) is 114 Å². The Hall–Kier alpha value is -3.88. The van der Waals surface area contributed by atoms with Gasteiger partial charge in [-0.25, -0.2) is 15.0 Å². The summed E-state index contributed by atoms with van der Waals surface area (Å²) in [6.45, 7) is 1.55. The smallest absolute Gasteiger partial charge is 0.303 e. The summed E-state index contributed by atoms with van der Waals surface area (Å²) in [5.74, 6) is 0.799. The lowest BCUT2D eigenvalue weighted by Gasteiger charge is -2.31. The van der Waals surface area contributed by atoms with Gasteiger partial charge in [0.25, 0.3) is 0 Å². The summed E-state index contributed by atoms with van der Waals surface area (Å²) >= 11 is 0. The third kappa shape index (κ3) is 5.29. The van der Waals surface area contributed by atoms with Crippen molar-refractivity contribution in [3.05, 3.63) is 54.1 Å². The summed E-state index contributed by atoms with van der Waals surface area (Å²) in [5, 5.41) is 8.99. The number of ether oxygens (including phenoxy) is 1. The van der Waals surface area contributed by atoms with Gasteiger partial charge in [-0.2, -0.15) is 0 Å². The maximum Gasteiger partial charge on any atom is 0.303 e. The monoisotopic (exact) mass is 472 g/mol. The van der Waals surface area contributed by atoms with Crippen molar-refractivity contribution in [1.29, 1.82) is 0 Å². The number of fused-ring (bicyclic) bond motifs is 1. The number of aliphatic imine (C=N–C) groups is 1. The van der Waals surface area contributed by atoms with Gasteiger partial charge < -0.3 is 14.7 Å². The third-order valence-corrected chi connectivity index (χ3v) is 6.61. The number of aryl methyl sites for hydroxylation is 1. The molecule has 1 N–H and O–H groups in total. The minimum absolute atomic E-state index is 0.233. The van der Waals surface area contributed by atoms with E-state index in [0.29, 0.717) is 11.8 Å². The van der Waals surface area contributed by atoms with Crippen LogP contribution in [0.4, 0.5) is 11.6 Å². The fraction of sp³-hybridized carbons (Fsp3) is 0.385. The number of hydrogen-bond acceptors (Lipinski definition) is 8. The Bertz CT molecular complexity index is 1220. The molecule has 0 atom stereocenters. The standard InChI is InChI=1S/C26H28N6O3/c1-35-24-8-7-23-22(31-24)4-2-3-21(30-23)18-5-6-20(27-14-18)19-15-28-26(29-16-19)32-11-9-17(10-12-32)13-25(33)34/h5-8,14-17H,2-4,9-13H2,1H3,(H,33,34). The Morgan fingerprint density at radius 2 is 1.80 bits per heavy atom. The van der Waals surface area contributed by atoms with E-state index in [-0.39, 0.29) is 12.3 Å². The molecule has 0 aliphatic carbocycles. The molecule has 0 saturated carbocycles. The quantitative estimate of drug-likeness (QED) is 0.571. The van der Waals surface area contributed by atoms with E-state index in [0.717, 1.165) is 79.1 Å². The molecule has 0 radical (unpaired) electrons. The largest absolute Gasteiger partial charge is 0.481 e. The number of carboxylic acid groups (broad SMARTS) is 1. The average Bonchev–Trinajstić information content (AvgIpc) is 3.11. The molecule has 5 heterocycles. The molecule has 35 heavy (non-hydrogen) atoms. The van der Waals surface area contributed by atoms with Gasteiger partial charge in [-0.3, -0.25) is 14.8 Å². The number of hydrogen-bond donors (Lipinski definition) is 1. The molecule has 1 saturated heterocycles. The number of aliphatic carboxylic acids is 1. The number of methoxy groups -OCH3 is 1. The number of rotatable bonds is 6. The summed E-state index contributed by atoms with van der Waals surface area (Å²) in [6, 6.07) is 7.83. The molecule has 3 aromatic heterocycles. The number of carboxylic acids is 1. The zero-order chi connectivity index (χ0) is 24.2. The molecule has 2 aliphatic heterocycles. The summed E-state index contributed by atoms with van der Waals surface area (Å²) in [4.78, 5) is 36.2. The molecule has 9 heteroatoms. The maximum absolute atomic E-state index is 10.9. The second-order valence-corrected chi connectivity index (χ2v) is 8.96. The van der Waals surface area contributed by atoms with E-state index in [1.54, 1.807) is 19.5 Å². The molecule has 0 unspecified atom stereocenters. The van der Waals surface area contributed by atoms with Crippen LogP contribution in [-0.4, -0.2) is 56.9 Å². The van der Waals surface area contributed by atoms with E-state index in [9.17, 15) is 4.79 Å². The van der Waals surface area contributed by atoms with Gasteiger partial charge in [0.2, 0.25) is 11.8 Å². The summed E-state index contributed by atoms with van der Waals surface area (Å²) in [6.07, 6.45) is 10.1. The zero-order valence-corrected chi connectivity index (χ0v) is 19.7. The van der Waals surface area contributed by atoms with Gasteiger partial charge in [0.05, 0.1) is 24.2 Å². The minimum atomic E-state index is -0.726. The number of carbonyl (C=O) groups is 1. The highest BCUT2D eigenvalue weighted by Gasteiger charge is 2.23. The van der Waals surface area contributed by atoms with E-state index >= 15 is 0 Å². The third-order valence-electron chi connectivity index (χ3n) is 6.61. The van der Waals surface area contributed by atoms with Gasteiger partial charge in [0.15, 0.2) is 0 Å². The van der Waals surface area contributed by atoms with Crippen molar-refractivity contribution in [3.8, 4) is 17.1 Å². The van der Waals surface area contributed by atoms with E-state index in [1.807, 2.05) is 30.5 Å². The Kier molecular flexibility index (Phi) is 6.65. The lowest BCUT2D eigenvalue weighted by atomic mass is 9.94. The van der Waals surface area contributed by atoms with Gasteiger partial charge >= 0.3 is 5.97 Å². The Labute approximate surface area is 204 Å². The van der Waals surface area contributed by atoms with Crippen LogP contribution in [0.5, 0.6) is 5.88 Å². The lowest BCUT2D eigenvalue weighted by molar-refractivity contribution is -0.138. The van der Waals surface area contributed by atoms with E-state index < -0.39 is 5.97 Å². The molecule has 9 nitrogen and oxygen atoms in total. The van der Waals surface area contributed by atoms with E-state index in [1.165, 1.54) is 0 Å². The van der Waals surface area contributed by atoms with E-state index in [2.05, 4.69) is 24.8 Å². The second kappa shape index (κ2) is 10.2. The van der Waals surface area contributed by atoms with Crippen molar-refractivity contribution < 1.29 is 14.6 Å². The second-order valence-electron chi connectivity index (χ2n) is 8.96. The van der Waals surface area contributed by atoms with Crippen LogP contribution in [0.3, 0.4) is 0 Å². The molecular formula is C26H28N6O3. The Balaban J connectivity index is 1.27. The van der Waals surface area contributed by atoms with Gasteiger partial charge in [0, 0.05) is 61.0 Å². The van der Waals surface area contributed by atoms with Crippen molar-refractivity contribution in [1.82, 2.24) is 19.9 Å². The van der Waals surface area contributed by atoms with Crippen molar-refractivity contribution in [2.24, 2.45) is 10.9 Å². The highest BCUT2D eigenvalue weighted by atomic mass is 16.5. The lowest BCUT2D eigenvalue weighted by Crippen LogP contribution is -2.35. The van der Waals surface area contributed by atoms with Crippen LogP contribution in [0.25, 0.3) is 11.3 Å². The minimum Gasteiger partial charge on any atom is -0.481 e. The maximum atomic E-state index is 10.9. The van der Waals surface area contributed by atoms with Crippen LogP contribution >= 0.6 is 0 Å². The van der Waals surface area contributed by atoms with Crippen LogP contribution in [0.2, 0.25) is 0 Å². The van der Waals surface area contributed by atoms with Gasteiger partial charge in [-0.1, -0.05) is 0 Å². The molecule has 180 valence electrons. The number of piperidine rings is 1. The predicted octanol–water partition coefficient (Wildman–Crippen LogP) is 4.09. The Morgan fingerprint density at radius 3 is 2.49 bits per heavy atom. The summed E-state index contributed by atoms with van der Waals surface area (Å²) < 4.78 is 5.24. The van der Waals surface area contributed by atoms with Crippen molar-refractivity contribution in [2.45, 2.75) is 38.5 Å². The first-order valence-electron chi connectivity index (χ1n) is 12.0. The number of aromatic nitrogens is 4. The molecule has 0 bridgehead atoms. The van der Waals surface area contributed by atoms with Crippen LogP contribution in [0, 0.1) is 5.92 Å². The van der Waals surface area contributed by atoms with Gasteiger partial charge in [-0.05, 0) is 56.2 Å². The molecule has 1 fully saturated rings. The molecule has 5 rings (SSSR count). The normalized spacial score (nSPS) is 16.3. The number of nitrogens with zero attached hydrogens (tertiary/aromatic N) is 6. The molecule has 0 aromatic carbocycles. The summed E-state index contributed by atoms with van der Waals surface area (Å²) in [7, 11) is 1.62. The van der Waals surface area contributed by atoms with Crippen LogP contribution in [0.15, 0.2) is 47.8 Å². The van der Waals surface area contributed by atoms with Gasteiger partial charge in [-0.15, -0.1) is 0 Å². The molecule has 0 amide bonds. The van der Waals surface area contributed by atoms with Crippen LogP contribution in [0.1, 0.15) is 43.4 Å². The van der Waals surface area contributed by atoms with Crippen molar-refractivity contribution in [3.63, 3.8) is 0 Å². The fourth-order valence-electron chi connectivity index (χ4n) is 4.64. The molecule has 3 aromatic rings. The molecule has 0 spiro atoms. The molecule has 2 aliphatic rings. The van der Waals surface area contributed by atoms with Crippen molar-refractivity contribution >= 4 is 23.3 Å². The van der Waals surface area contributed by atoms with Crippen molar-refractivity contribution in [2.75, 3.05) is 25.1 Å². The summed E-state index contributed by atoms with van der Waals surface area (Å²) in [5.41, 5.74) is 5.52. The highest BCUT2D eigenvalue weighted by Crippen LogP contribution is 2.28. The number of pyridine rings is 2.